The SMILES string of the molecule is CC(C)C1(OC(=O)C(O)(CCc2ccccc2)CC2(F)C(F)(F)C(F)(F)C(F)(F)C(F)(F)C2(F)F)C2CC3CC(C2)CC1C3. The van der Waals surface area contributed by atoms with E-state index in [1.54, 1.807) is 13.8 Å². The van der Waals surface area contributed by atoms with E-state index in [0.717, 1.165) is 6.42 Å². The van der Waals surface area contributed by atoms with E-state index in [0.29, 0.717) is 37.5 Å². The molecule has 0 amide bonds. The summed E-state index contributed by atoms with van der Waals surface area (Å²) in [4.78, 5) is 13.8. The zero-order valence-electron chi connectivity index (χ0n) is 23.9. The average Bonchev–Trinajstić information content (AvgIpc) is 2.92. The van der Waals surface area contributed by atoms with Crippen LogP contribution < -0.4 is 0 Å². The van der Waals surface area contributed by atoms with Gasteiger partial charge in [-0.2, -0.15) is 43.9 Å². The first kappa shape index (κ1) is 33.2. The van der Waals surface area contributed by atoms with E-state index in [2.05, 4.69) is 0 Å². The molecule has 44 heavy (non-hydrogen) atoms. The van der Waals surface area contributed by atoms with E-state index in [1.165, 1.54) is 30.3 Å². The molecule has 0 heterocycles. The highest BCUT2D eigenvalue weighted by Gasteiger charge is 3.01. The number of hydrogen-bond acceptors (Lipinski definition) is 3. The second-order valence-corrected chi connectivity index (χ2v) is 13.6. The summed E-state index contributed by atoms with van der Waals surface area (Å²) < 4.78 is 167. The van der Waals surface area contributed by atoms with Gasteiger partial charge in [-0.25, -0.2) is 9.18 Å². The molecule has 5 saturated carbocycles. The lowest BCUT2D eigenvalue weighted by Gasteiger charge is -2.62. The summed E-state index contributed by atoms with van der Waals surface area (Å²) >= 11 is 0. The van der Waals surface area contributed by atoms with Gasteiger partial charge in [-0.1, -0.05) is 44.2 Å². The normalized spacial score (nSPS) is 36.5. The van der Waals surface area contributed by atoms with Crippen molar-refractivity contribution in [2.75, 3.05) is 0 Å². The number of rotatable bonds is 8. The van der Waals surface area contributed by atoms with Gasteiger partial charge in [-0.3, -0.25) is 0 Å². The Labute approximate surface area is 246 Å². The Morgan fingerprint density at radius 3 is 1.64 bits per heavy atom. The van der Waals surface area contributed by atoms with Crippen LogP contribution in [-0.4, -0.2) is 57.6 Å². The first-order valence-electron chi connectivity index (χ1n) is 14.6. The van der Waals surface area contributed by atoms with Crippen molar-refractivity contribution < 1.29 is 62.9 Å². The molecule has 14 heteroatoms. The summed E-state index contributed by atoms with van der Waals surface area (Å²) in [5.41, 5.74) is -11.5. The molecule has 0 saturated heterocycles. The zero-order chi connectivity index (χ0) is 32.9. The Bertz CT molecular complexity index is 1210. The second kappa shape index (κ2) is 9.94. The van der Waals surface area contributed by atoms with E-state index < -0.39 is 77.6 Å². The molecular formula is C30H33F11O3. The van der Waals surface area contributed by atoms with Crippen LogP contribution >= 0.6 is 0 Å². The summed E-state index contributed by atoms with van der Waals surface area (Å²) in [7, 11) is 0. The third kappa shape index (κ3) is 4.13. The summed E-state index contributed by atoms with van der Waals surface area (Å²) in [6.45, 7) is 3.34. The molecule has 5 aliphatic carbocycles. The molecule has 0 spiro atoms. The minimum Gasteiger partial charge on any atom is -0.456 e. The van der Waals surface area contributed by atoms with Crippen LogP contribution in [0.2, 0.25) is 0 Å². The molecule has 0 radical (unpaired) electrons. The molecule has 5 fully saturated rings. The van der Waals surface area contributed by atoms with Crippen LogP contribution in [0, 0.1) is 29.6 Å². The number of esters is 1. The van der Waals surface area contributed by atoms with Crippen molar-refractivity contribution in [2.24, 2.45) is 29.6 Å². The molecule has 1 unspecified atom stereocenters. The lowest BCUT2D eigenvalue weighted by atomic mass is 9.47. The van der Waals surface area contributed by atoms with Gasteiger partial charge in [0.2, 0.25) is 0 Å². The van der Waals surface area contributed by atoms with Gasteiger partial charge in [0.25, 0.3) is 5.67 Å². The number of ether oxygens (including phenoxy) is 1. The van der Waals surface area contributed by atoms with Crippen molar-refractivity contribution in [3.05, 3.63) is 35.9 Å². The number of halogens is 11. The van der Waals surface area contributed by atoms with Crippen molar-refractivity contribution in [1.29, 1.82) is 0 Å². The summed E-state index contributed by atoms with van der Waals surface area (Å²) in [6.07, 6.45) is -1.55. The smallest absolute Gasteiger partial charge is 0.384 e. The minimum atomic E-state index is -7.40. The molecular weight excluding hydrogens is 617 g/mol. The lowest BCUT2D eigenvalue weighted by Crippen LogP contribution is -2.84. The van der Waals surface area contributed by atoms with Gasteiger partial charge >= 0.3 is 35.6 Å². The molecule has 0 aromatic heterocycles. The Balaban J connectivity index is 1.58. The van der Waals surface area contributed by atoms with Crippen molar-refractivity contribution in [1.82, 2.24) is 0 Å². The van der Waals surface area contributed by atoms with Crippen molar-refractivity contribution in [3.63, 3.8) is 0 Å². The average molecular weight is 651 g/mol. The molecule has 248 valence electrons. The predicted octanol–water partition coefficient (Wildman–Crippen LogP) is 8.03. The lowest BCUT2D eigenvalue weighted by molar-refractivity contribution is -0.487. The van der Waals surface area contributed by atoms with Gasteiger partial charge in [0.05, 0.1) is 0 Å². The number of benzene rings is 1. The van der Waals surface area contributed by atoms with E-state index in [1.807, 2.05) is 0 Å². The maximum absolute atomic E-state index is 16.0. The topological polar surface area (TPSA) is 46.5 Å². The van der Waals surface area contributed by atoms with Gasteiger partial charge in [0.1, 0.15) is 5.60 Å². The number of alkyl halides is 11. The molecule has 1 atom stereocenters. The van der Waals surface area contributed by atoms with Crippen LogP contribution in [0.5, 0.6) is 0 Å². The van der Waals surface area contributed by atoms with Crippen molar-refractivity contribution >= 4 is 5.97 Å². The van der Waals surface area contributed by atoms with Crippen molar-refractivity contribution in [2.45, 2.75) is 112 Å². The Morgan fingerprint density at radius 1 is 0.773 bits per heavy atom. The number of carbonyl (C=O) groups is 1. The van der Waals surface area contributed by atoms with Crippen LogP contribution in [0.1, 0.15) is 64.4 Å². The second-order valence-electron chi connectivity index (χ2n) is 13.6. The minimum absolute atomic E-state index is 0.240. The first-order valence-corrected chi connectivity index (χ1v) is 14.6. The third-order valence-electron chi connectivity index (χ3n) is 10.7. The van der Waals surface area contributed by atoms with E-state index >= 15 is 4.39 Å². The van der Waals surface area contributed by atoms with Crippen LogP contribution in [0.25, 0.3) is 0 Å². The fourth-order valence-corrected chi connectivity index (χ4v) is 8.57. The van der Waals surface area contributed by atoms with Crippen molar-refractivity contribution in [3.8, 4) is 0 Å². The van der Waals surface area contributed by atoms with Crippen LogP contribution in [0.15, 0.2) is 30.3 Å². The Morgan fingerprint density at radius 2 is 1.20 bits per heavy atom. The van der Waals surface area contributed by atoms with E-state index in [4.69, 9.17) is 4.74 Å². The van der Waals surface area contributed by atoms with Gasteiger partial charge < -0.3 is 9.84 Å². The predicted molar refractivity (Wildman–Crippen MR) is 134 cm³/mol. The molecule has 0 aliphatic heterocycles. The van der Waals surface area contributed by atoms with Gasteiger partial charge in [-0.15, -0.1) is 0 Å². The Hall–Kier alpha value is -2.12. The molecule has 1 aromatic carbocycles. The molecule has 1 N–H and O–H groups in total. The van der Waals surface area contributed by atoms with Gasteiger partial charge in [0.15, 0.2) is 5.60 Å². The summed E-state index contributed by atoms with van der Waals surface area (Å²) in [5.74, 6) is -38.9. The van der Waals surface area contributed by atoms with E-state index in [-0.39, 0.29) is 17.4 Å². The molecule has 5 aliphatic rings. The maximum atomic E-state index is 16.0. The number of hydrogen-bond donors (Lipinski definition) is 1. The molecule has 6 rings (SSSR count). The summed E-state index contributed by atoms with van der Waals surface area (Å²) in [5, 5.41) is 11.5. The number of aryl methyl sites for hydroxylation is 1. The monoisotopic (exact) mass is 650 g/mol. The van der Waals surface area contributed by atoms with Crippen LogP contribution in [0.4, 0.5) is 48.3 Å². The molecule has 3 nitrogen and oxygen atoms in total. The van der Waals surface area contributed by atoms with Gasteiger partial charge in [0, 0.05) is 6.42 Å². The van der Waals surface area contributed by atoms with Gasteiger partial charge in [-0.05, 0) is 80.1 Å². The number of aliphatic hydroxyl groups is 1. The molecule has 4 bridgehead atoms. The first-order chi connectivity index (χ1) is 20.0. The summed E-state index contributed by atoms with van der Waals surface area (Å²) in [6, 6.07) is 7.22. The highest BCUT2D eigenvalue weighted by atomic mass is 19.4. The van der Waals surface area contributed by atoms with Crippen LogP contribution in [0.3, 0.4) is 0 Å². The highest BCUT2D eigenvalue weighted by molar-refractivity contribution is 5.80. The molecule has 1 aromatic rings. The Kier molecular flexibility index (Phi) is 7.51. The largest absolute Gasteiger partial charge is 0.456 e. The quantitative estimate of drug-likeness (QED) is 0.229. The zero-order valence-corrected chi connectivity index (χ0v) is 23.9. The van der Waals surface area contributed by atoms with E-state index in [9.17, 15) is 53.8 Å². The third-order valence-corrected chi connectivity index (χ3v) is 10.7. The standard InChI is InChI=1S/C30H33F11O3/c1-16(2)25(20-11-18-10-19(13-20)14-21(25)12-18)44-22(42)23(43,9-8-17-6-4-3-5-7-17)15-24(31)26(32,33)28(36,37)30(40,41)29(38,39)27(24,34)35/h3-7,16,18-21,43H,8-15H2,1-2H3. The number of carbonyl (C=O) groups excluding carboxylic acids is 1. The fraction of sp³-hybridized carbons (Fsp3) is 0.767. The fourth-order valence-electron chi connectivity index (χ4n) is 8.57. The highest BCUT2D eigenvalue weighted by Crippen LogP contribution is 2.71. The van der Waals surface area contributed by atoms with Crippen LogP contribution in [-0.2, 0) is 16.0 Å². The maximum Gasteiger partial charge on any atom is 0.384 e.